The number of carboxylic acid groups (broad SMARTS) is 1. The molecule has 0 saturated heterocycles. The lowest BCUT2D eigenvalue weighted by molar-refractivity contribution is -0.141. The Hall–Kier alpha value is -7.08. The van der Waals surface area contributed by atoms with Gasteiger partial charge in [-0.15, -0.1) is 0 Å². The number of carbonyl (C=O) groups is 2. The maximum absolute atomic E-state index is 12.8. The molecule has 0 spiro atoms. The van der Waals surface area contributed by atoms with Crippen LogP contribution in [0.4, 0.5) is 26.3 Å². The largest absolute Gasteiger partial charge is 0.489 e. The van der Waals surface area contributed by atoms with Crippen LogP contribution in [-0.2, 0) is 52.7 Å². The van der Waals surface area contributed by atoms with Gasteiger partial charge in [0, 0.05) is 11.8 Å². The quantitative estimate of drug-likeness (QED) is 0.0748. The van der Waals surface area contributed by atoms with E-state index in [4.69, 9.17) is 14.2 Å². The number of carbonyl (C=O) groups excluding carboxylic acids is 1. The van der Waals surface area contributed by atoms with Gasteiger partial charge in [0.2, 0.25) is 0 Å². The summed E-state index contributed by atoms with van der Waals surface area (Å²) in [6.07, 6.45) is -5.20. The molecule has 1 N–H and O–H groups in total. The molecule has 6 nitrogen and oxygen atoms in total. The number of rotatable bonds is 12. The van der Waals surface area contributed by atoms with Gasteiger partial charge in [-0.05, 0) is 142 Å². The number of carboxylic acids is 1. The van der Waals surface area contributed by atoms with Gasteiger partial charge in [-0.1, -0.05) is 97.1 Å². The van der Waals surface area contributed by atoms with Gasteiger partial charge in [0.25, 0.3) is 0 Å². The summed E-state index contributed by atoms with van der Waals surface area (Å²) in [7, 11) is 1.39. The summed E-state index contributed by atoms with van der Waals surface area (Å²) in [5, 5.41) is 9.21. The fraction of sp³-hybridized carbons (Fsp3) is 0.236. The molecule has 0 bridgehead atoms. The summed E-state index contributed by atoms with van der Waals surface area (Å²) in [6.45, 7) is 8.81. The number of hydrogen-bond acceptors (Lipinski definition) is 5. The Morgan fingerprint density at radius 2 is 0.970 bits per heavy atom. The van der Waals surface area contributed by atoms with Gasteiger partial charge in [-0.3, -0.25) is 9.59 Å². The van der Waals surface area contributed by atoms with Crippen molar-refractivity contribution < 1.29 is 55.2 Å². The highest BCUT2D eigenvalue weighted by Crippen LogP contribution is 2.41. The Morgan fingerprint density at radius 3 is 1.36 bits per heavy atom. The van der Waals surface area contributed by atoms with Crippen LogP contribution >= 0.6 is 0 Å². The molecule has 346 valence electrons. The highest BCUT2D eigenvalue weighted by atomic mass is 19.4. The second-order valence-corrected chi connectivity index (χ2v) is 16.6. The number of fused-ring (bicyclic) bond motifs is 2. The minimum Gasteiger partial charge on any atom is -0.489 e. The van der Waals surface area contributed by atoms with E-state index in [9.17, 15) is 41.0 Å². The van der Waals surface area contributed by atoms with Crippen molar-refractivity contribution in [1.82, 2.24) is 0 Å². The van der Waals surface area contributed by atoms with E-state index < -0.39 is 29.4 Å². The Balaban J connectivity index is 0.000000199. The monoisotopic (exact) mass is 918 g/mol. The average molecular weight is 919 g/mol. The molecule has 0 aliphatic heterocycles. The van der Waals surface area contributed by atoms with E-state index in [-0.39, 0.29) is 30.6 Å². The van der Waals surface area contributed by atoms with Crippen LogP contribution in [0.25, 0.3) is 22.3 Å². The van der Waals surface area contributed by atoms with E-state index in [1.165, 1.54) is 31.4 Å². The lowest BCUT2D eigenvalue weighted by Crippen LogP contribution is -2.16. The van der Waals surface area contributed by atoms with Crippen molar-refractivity contribution in [1.29, 1.82) is 0 Å². The first-order valence-electron chi connectivity index (χ1n) is 21.6. The molecule has 0 amide bonds. The number of methoxy groups -OCH3 is 1. The zero-order valence-electron chi connectivity index (χ0n) is 36.7. The van der Waals surface area contributed by atoms with Crippen molar-refractivity contribution in [2.24, 2.45) is 0 Å². The summed E-state index contributed by atoms with van der Waals surface area (Å²) in [5.41, 5.74) is 9.76. The Bertz CT molecular complexity index is 2760. The van der Waals surface area contributed by atoms with E-state index in [0.29, 0.717) is 30.1 Å². The van der Waals surface area contributed by atoms with Gasteiger partial charge in [0.15, 0.2) is 0 Å². The third-order valence-electron chi connectivity index (χ3n) is 12.1. The first kappa shape index (κ1) is 47.9. The summed E-state index contributed by atoms with van der Waals surface area (Å²) in [6, 6.07) is 36.9. The average Bonchev–Trinajstić information content (AvgIpc) is 3.31. The molecule has 6 aromatic carbocycles. The van der Waals surface area contributed by atoms with Gasteiger partial charge in [0.1, 0.15) is 24.7 Å². The minimum atomic E-state index is -4.36. The molecule has 12 heteroatoms. The van der Waals surface area contributed by atoms with Crippen molar-refractivity contribution in [3.8, 4) is 33.8 Å². The lowest BCUT2D eigenvalue weighted by Gasteiger charge is -2.27. The zero-order valence-corrected chi connectivity index (χ0v) is 36.7. The van der Waals surface area contributed by atoms with E-state index in [0.717, 1.165) is 111 Å². The molecule has 67 heavy (non-hydrogen) atoms. The molecule has 6 aromatic rings. The van der Waals surface area contributed by atoms with Crippen LogP contribution in [0.1, 0.15) is 82.0 Å². The van der Waals surface area contributed by atoms with Gasteiger partial charge in [0.05, 0.1) is 31.1 Å². The van der Waals surface area contributed by atoms with Crippen molar-refractivity contribution in [2.45, 2.75) is 75.9 Å². The van der Waals surface area contributed by atoms with Crippen LogP contribution in [0.5, 0.6) is 11.5 Å². The van der Waals surface area contributed by atoms with Crippen LogP contribution in [0.3, 0.4) is 0 Å². The molecule has 2 aliphatic carbocycles. The molecule has 8 rings (SSSR count). The van der Waals surface area contributed by atoms with Crippen molar-refractivity contribution in [3.63, 3.8) is 0 Å². The molecule has 2 aliphatic rings. The number of esters is 1. The predicted octanol–water partition coefficient (Wildman–Crippen LogP) is 14.1. The van der Waals surface area contributed by atoms with Gasteiger partial charge in [-0.2, -0.15) is 26.3 Å². The van der Waals surface area contributed by atoms with Crippen molar-refractivity contribution >= 4 is 11.9 Å². The second-order valence-electron chi connectivity index (χ2n) is 16.6. The Labute approximate surface area is 385 Å². The standard InChI is InChI=1S/C28H25F3O3.C27H23F3O3/c1-18-6-7-22-15-24(12-13-25(22)26(18)16-27(32)33-2)34-17-19-4-3-5-21(14-19)20-8-10-23(11-9-20)28(29,30)31;1-17-5-6-21-14-23(11-12-24(21)25(17)15-26(31)32)33-16-18-3-2-4-20(13-18)19-7-9-22(10-8-19)27(28,29)30/h3-5,8-15,26H,1,6-7,16-17H2,2H3;2-4,7-14,25H,1,5-6,15-16H2,(H,31,32). The Kier molecular flexibility index (Phi) is 14.7. The van der Waals surface area contributed by atoms with Crippen molar-refractivity contribution in [3.05, 3.63) is 202 Å². The first-order chi connectivity index (χ1) is 31.9. The van der Waals surface area contributed by atoms with E-state index >= 15 is 0 Å². The minimum absolute atomic E-state index is 0.0305. The molecule has 0 aromatic heterocycles. The number of halogens is 6. The maximum atomic E-state index is 12.8. The number of aliphatic carboxylic acids is 1. The summed E-state index contributed by atoms with van der Waals surface area (Å²) < 4.78 is 93.7. The predicted molar refractivity (Wildman–Crippen MR) is 245 cm³/mol. The molecular weight excluding hydrogens is 871 g/mol. The third-order valence-corrected chi connectivity index (χ3v) is 12.1. The van der Waals surface area contributed by atoms with Crippen LogP contribution in [0.15, 0.2) is 158 Å². The van der Waals surface area contributed by atoms with Crippen LogP contribution in [-0.4, -0.2) is 24.2 Å². The topological polar surface area (TPSA) is 82.1 Å². The number of hydrogen-bond donors (Lipinski definition) is 1. The molecule has 2 unspecified atom stereocenters. The van der Waals surface area contributed by atoms with Gasteiger partial charge < -0.3 is 19.3 Å². The van der Waals surface area contributed by atoms with E-state index in [2.05, 4.69) is 13.2 Å². The third kappa shape index (κ3) is 12.2. The highest BCUT2D eigenvalue weighted by molar-refractivity contribution is 5.72. The maximum Gasteiger partial charge on any atom is 0.416 e. The fourth-order valence-electron chi connectivity index (χ4n) is 8.49. The number of benzene rings is 6. The van der Waals surface area contributed by atoms with Crippen molar-refractivity contribution in [2.75, 3.05) is 7.11 Å². The lowest BCUT2D eigenvalue weighted by atomic mass is 9.78. The van der Waals surface area contributed by atoms with Gasteiger partial charge >= 0.3 is 24.3 Å². The number of allylic oxidation sites excluding steroid dienone is 2. The molecule has 0 fully saturated rings. The first-order valence-corrected chi connectivity index (χ1v) is 21.6. The molecular formula is C55H48F6O6. The molecule has 0 radical (unpaired) electrons. The van der Waals surface area contributed by atoms with E-state index in [1.54, 1.807) is 0 Å². The Morgan fingerprint density at radius 1 is 0.552 bits per heavy atom. The van der Waals surface area contributed by atoms with Gasteiger partial charge in [-0.25, -0.2) is 0 Å². The van der Waals surface area contributed by atoms with E-state index in [1.807, 2.05) is 84.9 Å². The zero-order chi connectivity index (χ0) is 47.9. The number of alkyl halides is 6. The fourth-order valence-corrected chi connectivity index (χ4v) is 8.49. The normalized spacial score (nSPS) is 15.6. The molecule has 0 saturated carbocycles. The van der Waals surface area contributed by atoms with Crippen LogP contribution in [0.2, 0.25) is 0 Å². The number of ether oxygens (including phenoxy) is 3. The van der Waals surface area contributed by atoms with Crippen LogP contribution in [0, 0.1) is 0 Å². The van der Waals surface area contributed by atoms with Crippen LogP contribution < -0.4 is 9.47 Å². The summed E-state index contributed by atoms with van der Waals surface area (Å²) in [4.78, 5) is 23.0. The summed E-state index contributed by atoms with van der Waals surface area (Å²) >= 11 is 0. The molecule has 2 atom stereocenters. The smallest absolute Gasteiger partial charge is 0.416 e. The summed E-state index contributed by atoms with van der Waals surface area (Å²) in [5.74, 6) is 0.0826. The second kappa shape index (κ2) is 20.6. The highest BCUT2D eigenvalue weighted by Gasteiger charge is 2.31. The SMILES string of the molecule is C=C1CCc2cc(OCc3cccc(-c4ccc(C(F)(F)F)cc4)c3)ccc2C1CC(=O)O.C=C1CCc2cc(OCc3cccc(-c4ccc(C(F)(F)F)cc4)c3)ccc2C1CC(=O)OC. The number of aryl methyl sites for hydroxylation is 2. The molecule has 0 heterocycles.